The van der Waals surface area contributed by atoms with Crippen molar-refractivity contribution in [1.29, 1.82) is 0 Å². The maximum absolute atomic E-state index is 12.9. The number of amides is 1. The molecule has 0 unspecified atom stereocenters. The predicted octanol–water partition coefficient (Wildman–Crippen LogP) is 2.45. The van der Waals surface area contributed by atoms with Gasteiger partial charge in [-0.05, 0) is 61.1 Å². The highest BCUT2D eigenvalue weighted by molar-refractivity contribution is 5.79. The van der Waals surface area contributed by atoms with Gasteiger partial charge >= 0.3 is 0 Å². The Bertz CT molecular complexity index is 778. The van der Waals surface area contributed by atoms with Crippen molar-refractivity contribution in [3.8, 4) is 5.69 Å². The minimum absolute atomic E-state index is 0.134. The molecule has 1 atom stereocenters. The lowest BCUT2D eigenvalue weighted by atomic mass is 9.93. The molecule has 0 bridgehead atoms. The van der Waals surface area contributed by atoms with Crippen LogP contribution in [0.25, 0.3) is 5.69 Å². The number of likely N-dealkylation sites (tertiary alicyclic amines) is 1. The lowest BCUT2D eigenvalue weighted by Crippen LogP contribution is -2.46. The highest BCUT2D eigenvalue weighted by Crippen LogP contribution is 2.26. The Hall–Kier alpha value is -2.44. The van der Waals surface area contributed by atoms with Crippen LogP contribution in [0.1, 0.15) is 38.2 Å². The number of piperidine rings is 2. The summed E-state index contributed by atoms with van der Waals surface area (Å²) >= 11 is 0. The number of carbonyl (C=O) groups excluding carboxylic acids is 1. The molecule has 27 heavy (non-hydrogen) atoms. The van der Waals surface area contributed by atoms with E-state index in [1.54, 1.807) is 4.68 Å². The van der Waals surface area contributed by atoms with Crippen LogP contribution in [0.3, 0.4) is 0 Å². The minimum Gasteiger partial charge on any atom is -0.342 e. The maximum Gasteiger partial charge on any atom is 0.250 e. The monoisotopic (exact) mass is 368 g/mol. The van der Waals surface area contributed by atoms with Crippen LogP contribution in [0.5, 0.6) is 0 Å². The quantitative estimate of drug-likeness (QED) is 0.832. The molecule has 0 radical (unpaired) electrons. The molecular formula is C20H28N6O. The fraction of sp³-hybridized carbons (Fsp3) is 0.600. The molecule has 1 aromatic heterocycles. The molecule has 3 heterocycles. The van der Waals surface area contributed by atoms with Gasteiger partial charge in [0, 0.05) is 32.1 Å². The Labute approximate surface area is 160 Å². The molecule has 7 heteroatoms. The molecule has 7 nitrogen and oxygen atoms in total. The van der Waals surface area contributed by atoms with Crippen LogP contribution in [0, 0.1) is 18.8 Å². The lowest BCUT2D eigenvalue weighted by Gasteiger charge is -2.37. The first-order valence-corrected chi connectivity index (χ1v) is 10.0. The number of hydrogen-bond acceptors (Lipinski definition) is 5. The summed E-state index contributed by atoms with van der Waals surface area (Å²) in [6.07, 6.45) is 4.11. The second kappa shape index (κ2) is 7.66. The zero-order valence-corrected chi connectivity index (χ0v) is 16.2. The molecule has 2 saturated heterocycles. The van der Waals surface area contributed by atoms with Gasteiger partial charge in [-0.2, -0.15) is 4.68 Å². The number of anilines is 1. The molecule has 144 valence electrons. The second-order valence-electron chi connectivity index (χ2n) is 8.02. The van der Waals surface area contributed by atoms with Crippen molar-refractivity contribution in [1.82, 2.24) is 25.1 Å². The van der Waals surface area contributed by atoms with Crippen LogP contribution >= 0.6 is 0 Å². The standard InChI is InChI=1S/C20H28N6O/c1-15-5-7-18(8-6-15)26-20(21-22-23-26)24-12-9-17(10-13-24)19(27)25-11-3-4-16(2)14-25/h5-8,16-17H,3-4,9-14H2,1-2H3/t16-/m0/s1. The molecule has 1 amide bonds. The van der Waals surface area contributed by atoms with Gasteiger partial charge in [0.05, 0.1) is 5.69 Å². The van der Waals surface area contributed by atoms with Crippen molar-refractivity contribution in [3.63, 3.8) is 0 Å². The smallest absolute Gasteiger partial charge is 0.250 e. The summed E-state index contributed by atoms with van der Waals surface area (Å²) in [5.74, 6) is 1.87. The van der Waals surface area contributed by atoms with Crippen molar-refractivity contribution in [3.05, 3.63) is 29.8 Å². The number of hydrogen-bond donors (Lipinski definition) is 0. The van der Waals surface area contributed by atoms with E-state index in [0.717, 1.165) is 57.1 Å². The topological polar surface area (TPSA) is 67.2 Å². The molecule has 4 rings (SSSR count). The Morgan fingerprint density at radius 3 is 2.52 bits per heavy atom. The van der Waals surface area contributed by atoms with Gasteiger partial charge in [-0.1, -0.05) is 29.7 Å². The summed E-state index contributed by atoms with van der Waals surface area (Å²) < 4.78 is 1.79. The molecule has 1 aromatic carbocycles. The number of rotatable bonds is 3. The normalized spacial score (nSPS) is 21.5. The average molecular weight is 368 g/mol. The van der Waals surface area contributed by atoms with Gasteiger partial charge in [0.1, 0.15) is 0 Å². The summed E-state index contributed by atoms with van der Waals surface area (Å²) in [5, 5.41) is 12.3. The molecule has 2 aromatic rings. The molecule has 0 aliphatic carbocycles. The summed E-state index contributed by atoms with van der Waals surface area (Å²) in [5.41, 5.74) is 2.17. The summed E-state index contributed by atoms with van der Waals surface area (Å²) in [4.78, 5) is 17.2. The number of benzene rings is 1. The Kier molecular flexibility index (Phi) is 5.09. The van der Waals surface area contributed by atoms with E-state index >= 15 is 0 Å². The fourth-order valence-corrected chi connectivity index (χ4v) is 4.21. The highest BCUT2D eigenvalue weighted by Gasteiger charge is 2.31. The number of tetrazole rings is 1. The maximum atomic E-state index is 12.9. The third kappa shape index (κ3) is 3.82. The van der Waals surface area contributed by atoms with E-state index in [1.807, 2.05) is 12.1 Å². The second-order valence-corrected chi connectivity index (χ2v) is 8.02. The molecule has 2 aliphatic heterocycles. The first-order valence-electron chi connectivity index (χ1n) is 10.0. The SMILES string of the molecule is Cc1ccc(-n2nnnc2N2CCC(C(=O)N3CCC[C@H](C)C3)CC2)cc1. The lowest BCUT2D eigenvalue weighted by molar-refractivity contribution is -0.137. The van der Waals surface area contributed by atoms with Crippen LogP contribution in [0.15, 0.2) is 24.3 Å². The summed E-state index contributed by atoms with van der Waals surface area (Å²) in [7, 11) is 0. The third-order valence-corrected chi connectivity index (χ3v) is 5.83. The van der Waals surface area contributed by atoms with E-state index in [0.29, 0.717) is 11.8 Å². The number of aryl methyl sites for hydroxylation is 1. The van der Waals surface area contributed by atoms with E-state index in [1.165, 1.54) is 12.0 Å². The summed E-state index contributed by atoms with van der Waals surface area (Å²) in [6.45, 7) is 7.78. The molecule has 0 N–H and O–H groups in total. The van der Waals surface area contributed by atoms with Crippen molar-refractivity contribution >= 4 is 11.9 Å². The van der Waals surface area contributed by atoms with Crippen molar-refractivity contribution in [2.75, 3.05) is 31.1 Å². The predicted molar refractivity (Wildman–Crippen MR) is 104 cm³/mol. The highest BCUT2D eigenvalue weighted by atomic mass is 16.2. The molecule has 0 saturated carbocycles. The Morgan fingerprint density at radius 1 is 1.07 bits per heavy atom. The van der Waals surface area contributed by atoms with Crippen molar-refractivity contribution < 1.29 is 4.79 Å². The molecular weight excluding hydrogens is 340 g/mol. The third-order valence-electron chi connectivity index (χ3n) is 5.83. The number of nitrogens with zero attached hydrogens (tertiary/aromatic N) is 6. The number of carbonyl (C=O) groups is 1. The van der Waals surface area contributed by atoms with Crippen LogP contribution in [0.2, 0.25) is 0 Å². The van der Waals surface area contributed by atoms with Gasteiger partial charge in [0.2, 0.25) is 11.9 Å². The van der Waals surface area contributed by atoms with Gasteiger partial charge in [0.15, 0.2) is 0 Å². The van der Waals surface area contributed by atoms with Crippen molar-refractivity contribution in [2.45, 2.75) is 39.5 Å². The minimum atomic E-state index is 0.134. The molecule has 0 spiro atoms. The average Bonchev–Trinajstić information content (AvgIpc) is 3.18. The molecule has 2 fully saturated rings. The molecule has 2 aliphatic rings. The van der Waals surface area contributed by atoms with Gasteiger partial charge in [-0.3, -0.25) is 4.79 Å². The number of aromatic nitrogens is 4. The van der Waals surface area contributed by atoms with Crippen molar-refractivity contribution in [2.24, 2.45) is 11.8 Å². The summed E-state index contributed by atoms with van der Waals surface area (Å²) in [6, 6.07) is 8.18. The largest absolute Gasteiger partial charge is 0.342 e. The van der Waals surface area contributed by atoms with Gasteiger partial charge in [-0.15, -0.1) is 0 Å². The van der Waals surface area contributed by atoms with Crippen LogP contribution in [-0.4, -0.2) is 57.2 Å². The zero-order valence-electron chi connectivity index (χ0n) is 16.2. The van der Waals surface area contributed by atoms with Crippen LogP contribution in [-0.2, 0) is 4.79 Å². The van der Waals surface area contributed by atoms with Gasteiger partial charge < -0.3 is 9.80 Å². The first-order chi connectivity index (χ1) is 13.1. The van der Waals surface area contributed by atoms with Crippen LogP contribution in [0.4, 0.5) is 5.95 Å². The van der Waals surface area contributed by atoms with Gasteiger partial charge in [-0.25, -0.2) is 0 Å². The van der Waals surface area contributed by atoms with Crippen LogP contribution < -0.4 is 4.90 Å². The Balaban J connectivity index is 1.41. The zero-order chi connectivity index (χ0) is 18.8. The van der Waals surface area contributed by atoms with E-state index in [9.17, 15) is 4.79 Å². The van der Waals surface area contributed by atoms with E-state index in [4.69, 9.17) is 0 Å². The fourth-order valence-electron chi connectivity index (χ4n) is 4.21. The first kappa shape index (κ1) is 17.9. The van der Waals surface area contributed by atoms with E-state index in [2.05, 4.69) is 51.3 Å². The van der Waals surface area contributed by atoms with Gasteiger partial charge in [0.25, 0.3) is 0 Å². The van der Waals surface area contributed by atoms with E-state index < -0.39 is 0 Å². The van der Waals surface area contributed by atoms with E-state index in [-0.39, 0.29) is 5.92 Å². The Morgan fingerprint density at radius 2 is 1.81 bits per heavy atom.